The number of aliphatic hydroxyl groups is 1. The summed E-state index contributed by atoms with van der Waals surface area (Å²) in [6.45, 7) is 1.71. The van der Waals surface area contributed by atoms with Gasteiger partial charge >= 0.3 is 0 Å². The molecule has 156 valence electrons. The Bertz CT molecular complexity index is 963. The fourth-order valence-corrected chi connectivity index (χ4v) is 3.66. The van der Waals surface area contributed by atoms with Gasteiger partial charge in [0.15, 0.2) is 6.33 Å². The second-order valence-corrected chi connectivity index (χ2v) is 7.70. The van der Waals surface area contributed by atoms with E-state index in [1.807, 2.05) is 29.2 Å². The summed E-state index contributed by atoms with van der Waals surface area (Å²) in [5.41, 5.74) is 1.82. The van der Waals surface area contributed by atoms with Crippen LogP contribution in [-0.2, 0) is 6.54 Å². The molecule has 1 N–H and O–H groups in total. The molecule has 1 amide bonds. The molecule has 3 aromatic rings. The zero-order valence-electron chi connectivity index (χ0n) is 16.3. The zero-order chi connectivity index (χ0) is 20.9. The number of aromatic nitrogens is 4. The molecule has 0 saturated carbocycles. The SMILES string of the molecule is O=C(c1ccc(OC[C@H](O)Cn2ncnn2)cc1)N1CC[C@H](c2ccc(Cl)cc2)C1. The summed E-state index contributed by atoms with van der Waals surface area (Å²) in [4.78, 5) is 16.0. The Kier molecular flexibility index (Phi) is 6.25. The number of carbonyl (C=O) groups excluding carboxylic acids is 1. The second-order valence-electron chi connectivity index (χ2n) is 7.27. The molecule has 0 radical (unpaired) electrons. The predicted molar refractivity (Wildman–Crippen MR) is 110 cm³/mol. The first-order valence-electron chi connectivity index (χ1n) is 9.75. The maximum Gasteiger partial charge on any atom is 0.253 e. The van der Waals surface area contributed by atoms with Crippen LogP contribution in [0.5, 0.6) is 5.75 Å². The molecule has 2 atom stereocenters. The molecule has 4 rings (SSSR count). The molecule has 0 aliphatic carbocycles. The summed E-state index contributed by atoms with van der Waals surface area (Å²) in [7, 11) is 0. The number of nitrogens with zero attached hydrogens (tertiary/aromatic N) is 5. The minimum Gasteiger partial charge on any atom is -0.491 e. The number of aliphatic hydroxyl groups excluding tert-OH is 1. The van der Waals surface area contributed by atoms with E-state index in [0.29, 0.717) is 23.8 Å². The average Bonchev–Trinajstić information content (AvgIpc) is 3.45. The normalized spacial score (nSPS) is 17.1. The lowest BCUT2D eigenvalue weighted by atomic mass is 9.99. The minimum atomic E-state index is -0.769. The third kappa shape index (κ3) is 4.95. The van der Waals surface area contributed by atoms with Gasteiger partial charge in [0.05, 0.1) is 6.54 Å². The maximum absolute atomic E-state index is 12.8. The van der Waals surface area contributed by atoms with Gasteiger partial charge in [-0.3, -0.25) is 4.79 Å². The van der Waals surface area contributed by atoms with Crippen LogP contribution < -0.4 is 4.74 Å². The molecule has 0 bridgehead atoms. The van der Waals surface area contributed by atoms with Crippen LogP contribution in [0.15, 0.2) is 54.9 Å². The van der Waals surface area contributed by atoms with Gasteiger partial charge in [0.25, 0.3) is 5.91 Å². The van der Waals surface area contributed by atoms with Gasteiger partial charge in [-0.2, -0.15) is 4.80 Å². The molecule has 1 fully saturated rings. The van der Waals surface area contributed by atoms with Crippen LogP contribution in [0, 0.1) is 0 Å². The molecule has 1 aliphatic rings. The number of hydrogen-bond acceptors (Lipinski definition) is 6. The van der Waals surface area contributed by atoms with Gasteiger partial charge in [-0.15, -0.1) is 10.2 Å². The highest BCUT2D eigenvalue weighted by Gasteiger charge is 2.28. The number of carbonyl (C=O) groups is 1. The van der Waals surface area contributed by atoms with Crippen molar-refractivity contribution in [2.24, 2.45) is 0 Å². The summed E-state index contributed by atoms with van der Waals surface area (Å²) >= 11 is 5.96. The summed E-state index contributed by atoms with van der Waals surface area (Å²) in [5, 5.41) is 21.8. The number of tetrazole rings is 1. The number of amides is 1. The molecule has 0 unspecified atom stereocenters. The molecule has 30 heavy (non-hydrogen) atoms. The van der Waals surface area contributed by atoms with E-state index in [1.54, 1.807) is 24.3 Å². The third-order valence-electron chi connectivity index (χ3n) is 5.13. The number of halogens is 1. The lowest BCUT2D eigenvalue weighted by Crippen LogP contribution is -2.28. The van der Waals surface area contributed by atoms with Crippen molar-refractivity contribution >= 4 is 17.5 Å². The van der Waals surface area contributed by atoms with Crippen molar-refractivity contribution in [2.75, 3.05) is 19.7 Å². The Morgan fingerprint density at radius 1 is 1.20 bits per heavy atom. The van der Waals surface area contributed by atoms with Gasteiger partial charge in [0, 0.05) is 29.6 Å². The van der Waals surface area contributed by atoms with E-state index in [2.05, 4.69) is 15.4 Å². The quantitative estimate of drug-likeness (QED) is 0.622. The Hall–Kier alpha value is -2.97. The number of benzene rings is 2. The van der Waals surface area contributed by atoms with Crippen molar-refractivity contribution < 1.29 is 14.6 Å². The molecular formula is C21H22ClN5O3. The smallest absolute Gasteiger partial charge is 0.253 e. The zero-order valence-corrected chi connectivity index (χ0v) is 17.0. The van der Waals surface area contributed by atoms with Crippen molar-refractivity contribution in [2.45, 2.75) is 25.0 Å². The van der Waals surface area contributed by atoms with Crippen molar-refractivity contribution in [1.29, 1.82) is 0 Å². The number of hydrogen-bond donors (Lipinski definition) is 1. The summed E-state index contributed by atoms with van der Waals surface area (Å²) in [6.07, 6.45) is 1.48. The number of likely N-dealkylation sites (tertiary alicyclic amines) is 1. The lowest BCUT2D eigenvalue weighted by Gasteiger charge is -2.17. The van der Waals surface area contributed by atoms with E-state index < -0.39 is 6.10 Å². The van der Waals surface area contributed by atoms with Crippen LogP contribution in [0.3, 0.4) is 0 Å². The van der Waals surface area contributed by atoms with Crippen LogP contribution in [0.25, 0.3) is 0 Å². The number of ether oxygens (including phenoxy) is 1. The Labute approximate surface area is 179 Å². The molecule has 2 aromatic carbocycles. The van der Waals surface area contributed by atoms with E-state index in [4.69, 9.17) is 16.3 Å². The highest BCUT2D eigenvalue weighted by molar-refractivity contribution is 6.30. The topological polar surface area (TPSA) is 93.4 Å². The monoisotopic (exact) mass is 427 g/mol. The Morgan fingerprint density at radius 3 is 2.67 bits per heavy atom. The van der Waals surface area contributed by atoms with Crippen LogP contribution in [-0.4, -0.2) is 61.9 Å². The summed E-state index contributed by atoms with van der Waals surface area (Å²) in [6, 6.07) is 14.8. The first-order valence-corrected chi connectivity index (χ1v) is 10.1. The van der Waals surface area contributed by atoms with Crippen molar-refractivity contribution in [1.82, 2.24) is 25.1 Å². The molecule has 0 spiro atoms. The molecule has 1 aromatic heterocycles. The molecule has 2 heterocycles. The van der Waals surface area contributed by atoms with E-state index >= 15 is 0 Å². The fourth-order valence-electron chi connectivity index (χ4n) is 3.53. The van der Waals surface area contributed by atoms with Crippen LogP contribution in [0.4, 0.5) is 0 Å². The predicted octanol–water partition coefficient (Wildman–Crippen LogP) is 2.40. The van der Waals surface area contributed by atoms with Crippen molar-refractivity contribution in [3.05, 3.63) is 71.0 Å². The van der Waals surface area contributed by atoms with Crippen molar-refractivity contribution in [3.63, 3.8) is 0 Å². The fraction of sp³-hybridized carbons (Fsp3) is 0.333. The first kappa shape index (κ1) is 20.3. The third-order valence-corrected chi connectivity index (χ3v) is 5.38. The van der Waals surface area contributed by atoms with Gasteiger partial charge in [0.2, 0.25) is 0 Å². The van der Waals surface area contributed by atoms with Crippen LogP contribution >= 0.6 is 11.6 Å². The van der Waals surface area contributed by atoms with Crippen molar-refractivity contribution in [3.8, 4) is 5.75 Å². The van der Waals surface area contributed by atoms with Crippen LogP contribution in [0.1, 0.15) is 28.3 Å². The van der Waals surface area contributed by atoms with E-state index in [1.165, 1.54) is 16.7 Å². The molecule has 1 aliphatic heterocycles. The van der Waals surface area contributed by atoms with Gasteiger partial charge in [-0.25, -0.2) is 0 Å². The van der Waals surface area contributed by atoms with Gasteiger partial charge in [0.1, 0.15) is 18.5 Å². The molecule has 9 heteroatoms. The highest BCUT2D eigenvalue weighted by atomic mass is 35.5. The van der Waals surface area contributed by atoms with Gasteiger partial charge < -0.3 is 14.7 Å². The Balaban J connectivity index is 1.29. The Morgan fingerprint density at radius 2 is 1.97 bits per heavy atom. The minimum absolute atomic E-state index is 0.00954. The van der Waals surface area contributed by atoms with E-state index in [0.717, 1.165) is 18.0 Å². The lowest BCUT2D eigenvalue weighted by molar-refractivity contribution is 0.0788. The van der Waals surface area contributed by atoms with Gasteiger partial charge in [-0.05, 0) is 53.6 Å². The average molecular weight is 428 g/mol. The highest BCUT2D eigenvalue weighted by Crippen LogP contribution is 2.29. The maximum atomic E-state index is 12.8. The largest absolute Gasteiger partial charge is 0.491 e. The summed E-state index contributed by atoms with van der Waals surface area (Å²) < 4.78 is 5.59. The summed E-state index contributed by atoms with van der Waals surface area (Å²) in [5.74, 6) is 0.919. The molecule has 1 saturated heterocycles. The van der Waals surface area contributed by atoms with E-state index in [-0.39, 0.29) is 19.1 Å². The molecular weight excluding hydrogens is 406 g/mol. The van der Waals surface area contributed by atoms with Crippen LogP contribution in [0.2, 0.25) is 5.02 Å². The molecule has 8 nitrogen and oxygen atoms in total. The standard InChI is InChI=1S/C21H22ClN5O3/c22-18-5-1-15(2-6-18)17-9-10-26(11-17)21(29)16-3-7-20(8-4-16)30-13-19(28)12-27-24-14-23-25-27/h1-8,14,17,19,28H,9-13H2/t17-,19+/m0/s1. The van der Waals surface area contributed by atoms with E-state index in [9.17, 15) is 9.90 Å². The second kappa shape index (κ2) is 9.23. The van der Waals surface area contributed by atoms with Gasteiger partial charge in [-0.1, -0.05) is 23.7 Å². The first-order chi connectivity index (χ1) is 14.6. The number of rotatable bonds is 7.